The molecule has 0 fully saturated rings. The van der Waals surface area contributed by atoms with Gasteiger partial charge in [-0.3, -0.25) is 0 Å². The van der Waals surface area contributed by atoms with Gasteiger partial charge < -0.3 is 19.6 Å². The predicted molar refractivity (Wildman–Crippen MR) is 73.3 cm³/mol. The lowest BCUT2D eigenvalue weighted by Crippen LogP contribution is -2.13. The molecule has 1 aliphatic heterocycles. The summed E-state index contributed by atoms with van der Waals surface area (Å²) < 4.78 is 10.9. The van der Waals surface area contributed by atoms with Crippen molar-refractivity contribution in [3.8, 4) is 5.75 Å². The van der Waals surface area contributed by atoms with E-state index in [2.05, 4.69) is 11.4 Å². The molecule has 1 aromatic carbocycles. The van der Waals surface area contributed by atoms with Crippen LogP contribution >= 0.6 is 0 Å². The molecular weight excluding hydrogens is 258 g/mol. The number of fused-ring (bicyclic) bond motifs is 1. The largest absolute Gasteiger partial charge is 0.483 e. The number of carboxylic acid groups (broad SMARTS) is 1. The van der Waals surface area contributed by atoms with Gasteiger partial charge in [-0.2, -0.15) is 0 Å². The van der Waals surface area contributed by atoms with Crippen LogP contribution in [-0.4, -0.2) is 17.6 Å². The number of aryl methyl sites for hydroxylation is 1. The zero-order valence-corrected chi connectivity index (χ0v) is 10.9. The molecule has 0 spiro atoms. The van der Waals surface area contributed by atoms with Crippen molar-refractivity contribution in [3.63, 3.8) is 0 Å². The van der Waals surface area contributed by atoms with E-state index in [0.717, 1.165) is 30.8 Å². The van der Waals surface area contributed by atoms with Crippen LogP contribution in [0.3, 0.4) is 0 Å². The maximum absolute atomic E-state index is 11.0. The van der Waals surface area contributed by atoms with Gasteiger partial charge in [0.1, 0.15) is 17.9 Å². The van der Waals surface area contributed by atoms with Gasteiger partial charge >= 0.3 is 5.97 Å². The van der Waals surface area contributed by atoms with E-state index in [9.17, 15) is 4.79 Å². The molecule has 3 rings (SSSR count). The molecule has 2 heterocycles. The Morgan fingerprint density at radius 2 is 2.30 bits per heavy atom. The highest BCUT2D eigenvalue weighted by Gasteiger charge is 2.16. The Bertz CT molecular complexity index is 633. The third-order valence-corrected chi connectivity index (χ3v) is 3.37. The van der Waals surface area contributed by atoms with Gasteiger partial charge in [0.2, 0.25) is 0 Å². The lowest BCUT2D eigenvalue weighted by molar-refractivity contribution is 0.0692. The van der Waals surface area contributed by atoms with Gasteiger partial charge in [-0.25, -0.2) is 4.79 Å². The fourth-order valence-corrected chi connectivity index (χ4v) is 2.38. The number of hydrogen-bond acceptors (Lipinski definition) is 4. The molecule has 0 radical (unpaired) electrons. The number of carbonyl (C=O) groups is 1. The van der Waals surface area contributed by atoms with Crippen molar-refractivity contribution >= 4 is 11.7 Å². The minimum absolute atomic E-state index is 0.104. The van der Waals surface area contributed by atoms with Crippen LogP contribution in [0.1, 0.15) is 28.1 Å². The summed E-state index contributed by atoms with van der Waals surface area (Å²) in [5.74, 6) is 0.0476. The Morgan fingerprint density at radius 1 is 1.40 bits per heavy atom. The second-order valence-corrected chi connectivity index (χ2v) is 4.67. The molecule has 2 aromatic rings. The number of para-hydroxylation sites is 1. The fraction of sp³-hybridized carbons (Fsp3) is 0.267. The number of ether oxygens (including phenoxy) is 1. The summed E-state index contributed by atoms with van der Waals surface area (Å²) >= 11 is 0. The van der Waals surface area contributed by atoms with Crippen molar-refractivity contribution in [1.29, 1.82) is 0 Å². The van der Waals surface area contributed by atoms with E-state index in [1.807, 2.05) is 12.1 Å². The van der Waals surface area contributed by atoms with Gasteiger partial charge in [0, 0.05) is 6.54 Å². The van der Waals surface area contributed by atoms with E-state index >= 15 is 0 Å². The fourth-order valence-electron chi connectivity index (χ4n) is 2.38. The van der Waals surface area contributed by atoms with Crippen LogP contribution in [-0.2, 0) is 13.0 Å². The predicted octanol–water partition coefficient (Wildman–Crippen LogP) is 2.91. The molecule has 104 valence electrons. The molecule has 0 saturated carbocycles. The van der Waals surface area contributed by atoms with E-state index < -0.39 is 5.97 Å². The molecular formula is C15H15NO4. The quantitative estimate of drug-likeness (QED) is 0.896. The number of anilines is 1. The summed E-state index contributed by atoms with van der Waals surface area (Å²) in [6.07, 6.45) is 3.50. The van der Waals surface area contributed by atoms with Crippen LogP contribution in [0.25, 0.3) is 0 Å². The molecule has 0 atom stereocenters. The van der Waals surface area contributed by atoms with Crippen LogP contribution in [0.2, 0.25) is 0 Å². The molecule has 5 nitrogen and oxygen atoms in total. The lowest BCUT2D eigenvalue weighted by Gasteiger charge is -2.20. The van der Waals surface area contributed by atoms with Gasteiger partial charge in [0.25, 0.3) is 0 Å². The topological polar surface area (TPSA) is 71.7 Å². The van der Waals surface area contributed by atoms with Crippen molar-refractivity contribution < 1.29 is 19.1 Å². The normalized spacial score (nSPS) is 13.4. The molecule has 5 heteroatoms. The molecule has 1 aliphatic rings. The second kappa shape index (κ2) is 5.28. The zero-order chi connectivity index (χ0) is 13.9. The maximum atomic E-state index is 11.0. The van der Waals surface area contributed by atoms with E-state index in [0.29, 0.717) is 5.76 Å². The number of furan rings is 1. The zero-order valence-electron chi connectivity index (χ0n) is 10.9. The van der Waals surface area contributed by atoms with Crippen molar-refractivity contribution in [1.82, 2.24) is 0 Å². The first-order valence-electron chi connectivity index (χ1n) is 6.54. The number of carboxylic acids is 1. The summed E-state index contributed by atoms with van der Waals surface area (Å²) in [6.45, 7) is 1.03. The smallest absolute Gasteiger partial charge is 0.339 e. The SMILES string of the molecule is O=C(O)c1ccoc1COc1cccc2c1NCCC2. The number of aromatic carboxylic acids is 1. The lowest BCUT2D eigenvalue weighted by atomic mass is 10.0. The van der Waals surface area contributed by atoms with Crippen molar-refractivity contribution in [2.45, 2.75) is 19.4 Å². The minimum Gasteiger partial charge on any atom is -0.483 e. The third-order valence-electron chi connectivity index (χ3n) is 3.37. The molecule has 20 heavy (non-hydrogen) atoms. The highest BCUT2D eigenvalue weighted by atomic mass is 16.5. The third kappa shape index (κ3) is 2.34. The minimum atomic E-state index is -1.01. The summed E-state index contributed by atoms with van der Waals surface area (Å²) in [7, 11) is 0. The van der Waals surface area contributed by atoms with Crippen LogP contribution < -0.4 is 10.1 Å². The van der Waals surface area contributed by atoms with Crippen LogP contribution in [0, 0.1) is 0 Å². The highest BCUT2D eigenvalue weighted by Crippen LogP contribution is 2.32. The molecule has 0 bridgehead atoms. The summed E-state index contributed by atoms with van der Waals surface area (Å²) in [5, 5.41) is 12.3. The van der Waals surface area contributed by atoms with Crippen LogP contribution in [0.4, 0.5) is 5.69 Å². The molecule has 2 N–H and O–H groups in total. The Balaban J connectivity index is 1.79. The Labute approximate surface area is 116 Å². The highest BCUT2D eigenvalue weighted by molar-refractivity contribution is 5.88. The van der Waals surface area contributed by atoms with Gasteiger partial charge in [0.15, 0.2) is 5.76 Å². The first kappa shape index (κ1) is 12.6. The Hall–Kier alpha value is -2.43. The van der Waals surface area contributed by atoms with Crippen molar-refractivity contribution in [2.75, 3.05) is 11.9 Å². The summed E-state index contributed by atoms with van der Waals surface area (Å²) in [4.78, 5) is 11.0. The summed E-state index contributed by atoms with van der Waals surface area (Å²) in [5.41, 5.74) is 2.37. The van der Waals surface area contributed by atoms with Gasteiger partial charge in [-0.1, -0.05) is 12.1 Å². The first-order chi connectivity index (χ1) is 9.75. The number of rotatable bonds is 4. The number of hydrogen-bond donors (Lipinski definition) is 2. The second-order valence-electron chi connectivity index (χ2n) is 4.67. The van der Waals surface area contributed by atoms with Crippen LogP contribution in [0.5, 0.6) is 5.75 Å². The average Bonchev–Trinajstić information content (AvgIpc) is 2.93. The first-order valence-corrected chi connectivity index (χ1v) is 6.54. The van der Waals surface area contributed by atoms with Gasteiger partial charge in [0.05, 0.1) is 12.0 Å². The average molecular weight is 273 g/mol. The van der Waals surface area contributed by atoms with Gasteiger partial charge in [-0.15, -0.1) is 0 Å². The molecule has 0 unspecified atom stereocenters. The Morgan fingerprint density at radius 3 is 3.15 bits per heavy atom. The molecule has 1 aromatic heterocycles. The monoisotopic (exact) mass is 273 g/mol. The van der Waals surface area contributed by atoms with E-state index in [1.54, 1.807) is 0 Å². The summed E-state index contributed by atoms with van der Waals surface area (Å²) in [6, 6.07) is 7.33. The van der Waals surface area contributed by atoms with Crippen LogP contribution in [0.15, 0.2) is 34.9 Å². The van der Waals surface area contributed by atoms with E-state index in [1.165, 1.54) is 17.9 Å². The molecule has 0 aliphatic carbocycles. The molecule has 0 amide bonds. The maximum Gasteiger partial charge on any atom is 0.339 e. The molecule has 0 saturated heterocycles. The van der Waals surface area contributed by atoms with Gasteiger partial charge in [-0.05, 0) is 30.5 Å². The number of benzene rings is 1. The number of nitrogens with one attached hydrogen (secondary N) is 1. The Kier molecular flexibility index (Phi) is 3.33. The van der Waals surface area contributed by atoms with Crippen molar-refractivity contribution in [2.24, 2.45) is 0 Å². The van der Waals surface area contributed by atoms with Crippen molar-refractivity contribution in [3.05, 3.63) is 47.4 Å². The van der Waals surface area contributed by atoms with E-state index in [-0.39, 0.29) is 12.2 Å². The standard InChI is InChI=1S/C15H15NO4/c17-15(18)11-6-8-19-13(11)9-20-12-5-1-3-10-4-2-7-16-14(10)12/h1,3,5-6,8,16H,2,4,7,9H2,(H,17,18). The van der Waals surface area contributed by atoms with E-state index in [4.69, 9.17) is 14.3 Å².